The molecule has 0 saturated carbocycles. The quantitative estimate of drug-likeness (QED) is 0.422. The number of carbonyl (C=O) groups is 2. The number of hydrogen-bond donors (Lipinski definition) is 1. The molecule has 0 spiro atoms. The van der Waals surface area contributed by atoms with E-state index in [-0.39, 0.29) is 17.7 Å². The van der Waals surface area contributed by atoms with E-state index in [4.69, 9.17) is 9.47 Å². The summed E-state index contributed by atoms with van der Waals surface area (Å²) in [5.41, 5.74) is 1.32. The predicted molar refractivity (Wildman–Crippen MR) is 109 cm³/mol. The molecular formula is C21H23N3O6. The zero-order chi connectivity index (χ0) is 21.5. The van der Waals surface area contributed by atoms with Crippen LogP contribution in [0, 0.1) is 10.1 Å². The number of hydrogen-bond acceptors (Lipinski definition) is 7. The second-order valence-electron chi connectivity index (χ2n) is 6.77. The molecule has 158 valence electrons. The average molecular weight is 413 g/mol. The van der Waals surface area contributed by atoms with Gasteiger partial charge in [-0.2, -0.15) is 0 Å². The summed E-state index contributed by atoms with van der Waals surface area (Å²) in [7, 11) is 1.28. The van der Waals surface area contributed by atoms with Gasteiger partial charge in [0.1, 0.15) is 0 Å². The van der Waals surface area contributed by atoms with E-state index < -0.39 is 22.8 Å². The van der Waals surface area contributed by atoms with Gasteiger partial charge in [0.05, 0.1) is 49.0 Å². The molecule has 9 heteroatoms. The number of methoxy groups -OCH3 is 1. The number of benzene rings is 2. The molecule has 1 heterocycles. The fourth-order valence-corrected chi connectivity index (χ4v) is 3.32. The lowest BCUT2D eigenvalue weighted by atomic mass is 10.0. The molecule has 1 aliphatic rings. The summed E-state index contributed by atoms with van der Waals surface area (Å²) in [6, 6.07) is 12.6. The van der Waals surface area contributed by atoms with Gasteiger partial charge in [-0.15, -0.1) is 0 Å². The van der Waals surface area contributed by atoms with Crippen molar-refractivity contribution in [2.24, 2.45) is 0 Å². The van der Waals surface area contributed by atoms with Crippen LogP contribution in [0.3, 0.4) is 0 Å². The van der Waals surface area contributed by atoms with Crippen molar-refractivity contribution in [3.63, 3.8) is 0 Å². The van der Waals surface area contributed by atoms with Gasteiger partial charge in [0.25, 0.3) is 11.6 Å². The third kappa shape index (κ3) is 5.12. The lowest BCUT2D eigenvalue weighted by Crippen LogP contribution is -2.38. The topological polar surface area (TPSA) is 111 Å². The number of nitro benzene ring substituents is 1. The van der Waals surface area contributed by atoms with Gasteiger partial charge in [-0.05, 0) is 11.6 Å². The Labute approximate surface area is 173 Å². The van der Waals surface area contributed by atoms with Crippen molar-refractivity contribution in [3.8, 4) is 0 Å². The first-order chi connectivity index (χ1) is 14.5. The van der Waals surface area contributed by atoms with Crippen molar-refractivity contribution in [1.29, 1.82) is 0 Å². The lowest BCUT2D eigenvalue weighted by molar-refractivity contribution is -0.384. The third-order valence-corrected chi connectivity index (χ3v) is 4.89. The molecule has 0 bridgehead atoms. The Balaban J connectivity index is 1.93. The summed E-state index contributed by atoms with van der Waals surface area (Å²) >= 11 is 0. The largest absolute Gasteiger partial charge is 0.469 e. The van der Waals surface area contributed by atoms with Gasteiger partial charge < -0.3 is 19.7 Å². The standard InChI is InChI=1S/C21H23N3O6/c1-29-20(25)14-18(15-5-3-2-4-6-15)22-21(26)17-13-16(24(27)28)7-8-19(17)23-9-11-30-12-10-23/h2-8,13,18H,9-12,14H2,1H3,(H,22,26). The smallest absolute Gasteiger partial charge is 0.307 e. The molecule has 1 N–H and O–H groups in total. The SMILES string of the molecule is COC(=O)CC(NC(=O)c1cc([N+](=O)[O-])ccc1N1CCOCC1)c1ccccc1. The first kappa shape index (κ1) is 21.3. The molecular weight excluding hydrogens is 390 g/mol. The Hall–Kier alpha value is -3.46. The Morgan fingerprint density at radius 3 is 2.53 bits per heavy atom. The van der Waals surface area contributed by atoms with Crippen LogP contribution in [0.4, 0.5) is 11.4 Å². The number of morpholine rings is 1. The van der Waals surface area contributed by atoms with Gasteiger partial charge >= 0.3 is 5.97 Å². The predicted octanol–water partition coefficient (Wildman–Crippen LogP) is 2.47. The first-order valence-corrected chi connectivity index (χ1v) is 9.53. The van der Waals surface area contributed by atoms with Gasteiger partial charge in [0.15, 0.2) is 0 Å². The molecule has 9 nitrogen and oxygen atoms in total. The highest BCUT2D eigenvalue weighted by Gasteiger charge is 2.25. The van der Waals surface area contributed by atoms with E-state index >= 15 is 0 Å². The molecule has 30 heavy (non-hydrogen) atoms. The molecule has 1 saturated heterocycles. The normalized spacial score (nSPS) is 14.6. The molecule has 2 aromatic carbocycles. The summed E-state index contributed by atoms with van der Waals surface area (Å²) in [6.45, 7) is 2.16. The summed E-state index contributed by atoms with van der Waals surface area (Å²) in [4.78, 5) is 37.8. The second kappa shape index (κ2) is 9.84. The Morgan fingerprint density at radius 2 is 1.90 bits per heavy atom. The van der Waals surface area contributed by atoms with Crippen LogP contribution in [-0.4, -0.2) is 50.2 Å². The maximum atomic E-state index is 13.2. The number of carbonyl (C=O) groups excluding carboxylic acids is 2. The zero-order valence-corrected chi connectivity index (χ0v) is 16.6. The summed E-state index contributed by atoms with van der Waals surface area (Å²) < 4.78 is 10.1. The van der Waals surface area contributed by atoms with Crippen LogP contribution >= 0.6 is 0 Å². The van der Waals surface area contributed by atoms with E-state index in [0.717, 1.165) is 5.56 Å². The van der Waals surface area contributed by atoms with Gasteiger partial charge in [-0.1, -0.05) is 30.3 Å². The van der Waals surface area contributed by atoms with Crippen molar-refractivity contribution < 1.29 is 24.0 Å². The number of nitrogens with one attached hydrogen (secondary N) is 1. The zero-order valence-electron chi connectivity index (χ0n) is 16.6. The summed E-state index contributed by atoms with van der Waals surface area (Å²) in [5, 5.41) is 14.1. The molecule has 1 atom stereocenters. The van der Waals surface area contributed by atoms with Crippen LogP contribution < -0.4 is 10.2 Å². The highest BCUT2D eigenvalue weighted by Crippen LogP contribution is 2.28. The van der Waals surface area contributed by atoms with Crippen LogP contribution in [0.25, 0.3) is 0 Å². The van der Waals surface area contributed by atoms with Crippen LogP contribution in [-0.2, 0) is 14.3 Å². The summed E-state index contributed by atoms with van der Waals surface area (Å²) in [5.74, 6) is -0.977. The first-order valence-electron chi connectivity index (χ1n) is 9.53. The van der Waals surface area contributed by atoms with Gasteiger partial charge in [-0.3, -0.25) is 19.7 Å². The maximum Gasteiger partial charge on any atom is 0.307 e. The Morgan fingerprint density at radius 1 is 1.20 bits per heavy atom. The summed E-state index contributed by atoms with van der Waals surface area (Å²) in [6.07, 6.45) is -0.0614. The molecule has 1 aliphatic heterocycles. The van der Waals surface area contributed by atoms with Gasteiger partial charge in [0, 0.05) is 25.2 Å². The van der Waals surface area contributed by atoms with Crippen molar-refractivity contribution in [2.45, 2.75) is 12.5 Å². The highest BCUT2D eigenvalue weighted by molar-refractivity contribution is 6.01. The van der Waals surface area contributed by atoms with Crippen molar-refractivity contribution in [1.82, 2.24) is 5.32 Å². The number of non-ortho nitro benzene ring substituents is 1. The van der Waals surface area contributed by atoms with Crippen LogP contribution in [0.1, 0.15) is 28.4 Å². The third-order valence-electron chi connectivity index (χ3n) is 4.89. The molecule has 3 rings (SSSR count). The minimum atomic E-state index is -0.636. The van der Waals surface area contributed by atoms with E-state index in [1.54, 1.807) is 30.3 Å². The average Bonchev–Trinajstić information content (AvgIpc) is 2.79. The van der Waals surface area contributed by atoms with Crippen LogP contribution in [0.2, 0.25) is 0 Å². The number of amides is 1. The number of anilines is 1. The number of nitrogens with zero attached hydrogens (tertiary/aromatic N) is 2. The van der Waals surface area contributed by atoms with E-state index in [1.165, 1.54) is 19.2 Å². The van der Waals surface area contributed by atoms with E-state index in [9.17, 15) is 19.7 Å². The number of ether oxygens (including phenoxy) is 2. The van der Waals surface area contributed by atoms with E-state index in [0.29, 0.717) is 32.0 Å². The highest BCUT2D eigenvalue weighted by atomic mass is 16.6. The van der Waals surface area contributed by atoms with E-state index in [2.05, 4.69) is 5.32 Å². The molecule has 0 aliphatic carbocycles. The van der Waals surface area contributed by atoms with Crippen molar-refractivity contribution in [2.75, 3.05) is 38.3 Å². The van der Waals surface area contributed by atoms with Crippen molar-refractivity contribution >= 4 is 23.3 Å². The number of nitro groups is 1. The fourth-order valence-electron chi connectivity index (χ4n) is 3.32. The fraction of sp³-hybridized carbons (Fsp3) is 0.333. The van der Waals surface area contributed by atoms with Crippen LogP contribution in [0.15, 0.2) is 48.5 Å². The minimum Gasteiger partial charge on any atom is -0.469 e. The Bertz CT molecular complexity index is 912. The lowest BCUT2D eigenvalue weighted by Gasteiger charge is -2.30. The minimum absolute atomic E-state index is 0.0614. The van der Waals surface area contributed by atoms with Gasteiger partial charge in [-0.25, -0.2) is 0 Å². The second-order valence-corrected chi connectivity index (χ2v) is 6.77. The molecule has 1 unspecified atom stereocenters. The van der Waals surface area contributed by atoms with Crippen LogP contribution in [0.5, 0.6) is 0 Å². The maximum absolute atomic E-state index is 13.2. The molecule has 0 radical (unpaired) electrons. The number of rotatable bonds is 7. The number of esters is 1. The van der Waals surface area contributed by atoms with Gasteiger partial charge in [0.2, 0.25) is 0 Å². The monoisotopic (exact) mass is 413 g/mol. The van der Waals surface area contributed by atoms with Crippen molar-refractivity contribution in [3.05, 3.63) is 69.8 Å². The molecule has 1 fully saturated rings. The molecule has 0 aromatic heterocycles. The Kier molecular flexibility index (Phi) is 6.97. The molecule has 2 aromatic rings. The molecule has 1 amide bonds. The van der Waals surface area contributed by atoms with E-state index in [1.807, 2.05) is 11.0 Å².